The average molecular weight is 143 g/mol. The minimum Gasteiger partial charge on any atom is -0.389 e. The Morgan fingerprint density at radius 2 is 2.44 bits per heavy atom. The molecule has 0 radical (unpaired) electrons. The van der Waals surface area contributed by atoms with Crippen LogP contribution in [0.15, 0.2) is 6.07 Å². The summed E-state index contributed by atoms with van der Waals surface area (Å²) in [5.41, 5.74) is 10.4. The quantitative estimate of drug-likeness (QED) is 0.572. The van der Waals surface area contributed by atoms with Crippen molar-refractivity contribution in [3.8, 4) is 0 Å². The summed E-state index contributed by atoms with van der Waals surface area (Å²) in [6, 6.07) is 1.45. The van der Waals surface area contributed by atoms with Crippen molar-refractivity contribution in [3.63, 3.8) is 0 Å². The molecule has 9 heavy (non-hydrogen) atoms. The molecule has 4 nitrogen and oxygen atoms in total. The van der Waals surface area contributed by atoms with Crippen molar-refractivity contribution in [1.29, 1.82) is 0 Å². The van der Waals surface area contributed by atoms with E-state index < -0.39 is 5.91 Å². The largest absolute Gasteiger partial charge is 0.389 e. The van der Waals surface area contributed by atoms with Crippen LogP contribution in [-0.2, 0) is 0 Å². The van der Waals surface area contributed by atoms with Crippen molar-refractivity contribution in [2.24, 2.45) is 5.73 Å². The van der Waals surface area contributed by atoms with Crippen LogP contribution >= 0.6 is 11.5 Å². The SMILES string of the molecule is NC(=O)c1cc(N)sn1. The zero-order valence-electron chi connectivity index (χ0n) is 4.50. The average Bonchev–Trinajstić information content (AvgIpc) is 2.14. The summed E-state index contributed by atoms with van der Waals surface area (Å²) in [6.45, 7) is 0. The molecule has 0 aromatic carbocycles. The number of nitrogens with two attached hydrogens (primary N) is 2. The molecule has 1 aromatic rings. The van der Waals surface area contributed by atoms with Crippen molar-refractivity contribution in [1.82, 2.24) is 4.37 Å². The Balaban J connectivity index is 2.98. The van der Waals surface area contributed by atoms with Gasteiger partial charge in [-0.15, -0.1) is 0 Å². The molecule has 0 saturated carbocycles. The molecular weight excluding hydrogens is 138 g/mol. The number of primary amides is 1. The Hall–Kier alpha value is -1.10. The first-order valence-corrected chi connectivity index (χ1v) is 2.99. The summed E-state index contributed by atoms with van der Waals surface area (Å²) < 4.78 is 3.66. The summed E-state index contributed by atoms with van der Waals surface area (Å²) >= 11 is 1.06. The third-order valence-electron chi connectivity index (χ3n) is 0.781. The molecule has 0 aliphatic rings. The van der Waals surface area contributed by atoms with Crippen LogP contribution in [-0.4, -0.2) is 10.3 Å². The molecule has 0 aliphatic heterocycles. The van der Waals surface area contributed by atoms with Crippen LogP contribution in [0.2, 0.25) is 0 Å². The highest BCUT2D eigenvalue weighted by Crippen LogP contribution is 2.09. The second kappa shape index (κ2) is 2.02. The predicted molar refractivity (Wildman–Crippen MR) is 35.0 cm³/mol. The van der Waals surface area contributed by atoms with Crippen LogP contribution in [0.3, 0.4) is 0 Å². The monoisotopic (exact) mass is 143 g/mol. The zero-order chi connectivity index (χ0) is 6.85. The van der Waals surface area contributed by atoms with E-state index >= 15 is 0 Å². The molecule has 5 heteroatoms. The van der Waals surface area contributed by atoms with Crippen molar-refractivity contribution in [2.45, 2.75) is 0 Å². The molecule has 0 bridgehead atoms. The number of aromatic nitrogens is 1. The second-order valence-corrected chi connectivity index (χ2v) is 2.32. The molecular formula is C4H5N3OS. The molecule has 0 fully saturated rings. The Morgan fingerprint density at radius 1 is 1.78 bits per heavy atom. The van der Waals surface area contributed by atoms with E-state index in [0.29, 0.717) is 5.00 Å². The summed E-state index contributed by atoms with van der Waals surface area (Å²) in [5.74, 6) is -0.539. The van der Waals surface area contributed by atoms with E-state index in [4.69, 9.17) is 11.5 Å². The summed E-state index contributed by atoms with van der Waals surface area (Å²) in [7, 11) is 0. The Bertz CT molecular complexity index is 231. The number of carbonyl (C=O) groups is 1. The number of amides is 1. The van der Waals surface area contributed by atoms with Gasteiger partial charge in [0.2, 0.25) is 0 Å². The number of hydrogen-bond donors (Lipinski definition) is 2. The summed E-state index contributed by atoms with van der Waals surface area (Å²) in [6.07, 6.45) is 0. The minimum atomic E-state index is -0.539. The van der Waals surface area contributed by atoms with Crippen LogP contribution in [0, 0.1) is 0 Å². The number of rotatable bonds is 1. The van der Waals surface area contributed by atoms with E-state index in [1.165, 1.54) is 6.07 Å². The van der Waals surface area contributed by atoms with Gasteiger partial charge in [0.15, 0.2) is 0 Å². The third-order valence-corrected chi connectivity index (χ3v) is 1.40. The molecule has 0 aliphatic carbocycles. The van der Waals surface area contributed by atoms with Crippen LogP contribution in [0.4, 0.5) is 5.00 Å². The number of anilines is 1. The van der Waals surface area contributed by atoms with Gasteiger partial charge in [0.1, 0.15) is 10.7 Å². The number of carbonyl (C=O) groups excluding carboxylic acids is 1. The van der Waals surface area contributed by atoms with Gasteiger partial charge in [-0.1, -0.05) is 0 Å². The standard InChI is InChI=1S/C4H5N3OS/c5-3-1-2(4(6)8)7-9-3/h1H,5H2,(H2,6,8). The maximum absolute atomic E-state index is 10.3. The number of nitrogens with zero attached hydrogens (tertiary/aromatic N) is 1. The molecule has 0 unspecified atom stereocenters. The fourth-order valence-electron chi connectivity index (χ4n) is 0.405. The van der Waals surface area contributed by atoms with Crippen LogP contribution in [0.5, 0.6) is 0 Å². The summed E-state index contributed by atoms with van der Waals surface area (Å²) in [5, 5.41) is 0.504. The maximum Gasteiger partial charge on any atom is 0.268 e. The second-order valence-electron chi connectivity index (χ2n) is 1.48. The van der Waals surface area contributed by atoms with E-state index in [0.717, 1.165) is 11.5 Å². The van der Waals surface area contributed by atoms with Gasteiger partial charge in [0, 0.05) is 6.07 Å². The Morgan fingerprint density at radius 3 is 2.67 bits per heavy atom. The van der Waals surface area contributed by atoms with E-state index in [-0.39, 0.29) is 5.69 Å². The van der Waals surface area contributed by atoms with Gasteiger partial charge >= 0.3 is 0 Å². The summed E-state index contributed by atoms with van der Waals surface area (Å²) in [4.78, 5) is 10.3. The van der Waals surface area contributed by atoms with Crippen molar-refractivity contribution in [3.05, 3.63) is 11.8 Å². The molecule has 4 N–H and O–H groups in total. The fourth-order valence-corrected chi connectivity index (χ4v) is 0.916. The lowest BCUT2D eigenvalue weighted by Crippen LogP contribution is -2.10. The van der Waals surface area contributed by atoms with Crippen molar-refractivity contribution < 1.29 is 4.79 Å². The first kappa shape index (κ1) is 6.03. The highest BCUT2D eigenvalue weighted by Gasteiger charge is 2.02. The highest BCUT2D eigenvalue weighted by molar-refractivity contribution is 7.10. The van der Waals surface area contributed by atoms with E-state index in [1.807, 2.05) is 0 Å². The van der Waals surface area contributed by atoms with Gasteiger partial charge in [-0.05, 0) is 11.5 Å². The van der Waals surface area contributed by atoms with E-state index in [2.05, 4.69) is 4.37 Å². The molecule has 1 aromatic heterocycles. The predicted octanol–water partition coefficient (Wildman–Crippen LogP) is -0.176. The first-order chi connectivity index (χ1) is 4.20. The molecule has 0 atom stereocenters. The van der Waals surface area contributed by atoms with Crippen molar-refractivity contribution >= 4 is 22.4 Å². The zero-order valence-corrected chi connectivity index (χ0v) is 5.31. The van der Waals surface area contributed by atoms with Crippen LogP contribution < -0.4 is 11.5 Å². The first-order valence-electron chi connectivity index (χ1n) is 2.22. The Labute approximate surface area is 55.6 Å². The number of nitrogen functional groups attached to an aromatic ring is 1. The molecule has 0 saturated heterocycles. The fraction of sp³-hybridized carbons (Fsp3) is 0. The van der Waals surface area contributed by atoms with Gasteiger partial charge in [0.25, 0.3) is 5.91 Å². The van der Waals surface area contributed by atoms with Crippen LogP contribution in [0.25, 0.3) is 0 Å². The smallest absolute Gasteiger partial charge is 0.268 e. The van der Waals surface area contributed by atoms with Gasteiger partial charge in [0.05, 0.1) is 0 Å². The third kappa shape index (κ3) is 1.17. The van der Waals surface area contributed by atoms with Gasteiger partial charge < -0.3 is 11.5 Å². The topological polar surface area (TPSA) is 82.0 Å². The molecule has 1 rings (SSSR count). The number of hydrogen-bond acceptors (Lipinski definition) is 4. The maximum atomic E-state index is 10.3. The highest BCUT2D eigenvalue weighted by atomic mass is 32.1. The lowest BCUT2D eigenvalue weighted by Gasteiger charge is -1.79. The molecule has 1 amide bonds. The molecule has 48 valence electrons. The lowest BCUT2D eigenvalue weighted by atomic mass is 10.4. The normalized spacial score (nSPS) is 9.33. The molecule has 1 heterocycles. The van der Waals surface area contributed by atoms with Crippen molar-refractivity contribution in [2.75, 3.05) is 5.73 Å². The Kier molecular flexibility index (Phi) is 1.35. The minimum absolute atomic E-state index is 0.234. The lowest BCUT2D eigenvalue weighted by molar-refractivity contribution is 0.0996. The van der Waals surface area contributed by atoms with E-state index in [9.17, 15) is 4.79 Å². The van der Waals surface area contributed by atoms with Gasteiger partial charge in [-0.3, -0.25) is 4.79 Å². The molecule has 0 spiro atoms. The van der Waals surface area contributed by atoms with E-state index in [1.54, 1.807) is 0 Å². The van der Waals surface area contributed by atoms with Gasteiger partial charge in [-0.2, -0.15) is 4.37 Å². The van der Waals surface area contributed by atoms with Crippen LogP contribution in [0.1, 0.15) is 10.5 Å². The van der Waals surface area contributed by atoms with Gasteiger partial charge in [-0.25, -0.2) is 0 Å².